The second-order valence-electron chi connectivity index (χ2n) is 4.78. The van der Waals surface area contributed by atoms with E-state index < -0.39 is 15.7 Å². The molecule has 1 aliphatic rings. The Morgan fingerprint density at radius 2 is 1.91 bits per heavy atom. The van der Waals surface area contributed by atoms with Gasteiger partial charge in [-0.05, 0) is 24.3 Å². The lowest BCUT2D eigenvalue weighted by Crippen LogP contribution is -2.40. The largest absolute Gasteiger partial charge is 0.382 e. The summed E-state index contributed by atoms with van der Waals surface area (Å²) >= 11 is 0. The molecule has 4 N–H and O–H groups in total. The van der Waals surface area contributed by atoms with Gasteiger partial charge in [0.1, 0.15) is 6.07 Å². The highest BCUT2D eigenvalue weighted by Crippen LogP contribution is 2.20. The molecule has 9 heteroatoms. The van der Waals surface area contributed by atoms with Crippen LogP contribution in [0.3, 0.4) is 0 Å². The second kappa shape index (κ2) is 6.44. The number of rotatable bonds is 4. The van der Waals surface area contributed by atoms with Gasteiger partial charge in [-0.25, -0.2) is 8.42 Å². The van der Waals surface area contributed by atoms with Crippen LogP contribution in [-0.4, -0.2) is 44.6 Å². The number of hydrogen-bond acceptors (Lipinski definition) is 7. The van der Waals surface area contributed by atoms with Gasteiger partial charge < -0.3 is 10.6 Å². The van der Waals surface area contributed by atoms with Crippen molar-refractivity contribution in [3.05, 3.63) is 24.3 Å². The lowest BCUT2D eigenvalue weighted by atomic mass is 10.2. The van der Waals surface area contributed by atoms with Crippen molar-refractivity contribution in [3.63, 3.8) is 0 Å². The summed E-state index contributed by atoms with van der Waals surface area (Å²) in [4.78, 5) is 2.00. The zero-order valence-electron chi connectivity index (χ0n) is 11.8. The van der Waals surface area contributed by atoms with Crippen molar-refractivity contribution in [3.8, 4) is 6.07 Å². The number of sulfone groups is 1. The van der Waals surface area contributed by atoms with Crippen LogP contribution in [0.4, 0.5) is 11.4 Å². The number of nitriles is 1. The van der Waals surface area contributed by atoms with Crippen LogP contribution in [0.1, 0.15) is 0 Å². The number of hydrogen-bond donors (Lipinski definition) is 3. The molecule has 1 saturated heterocycles. The van der Waals surface area contributed by atoms with Gasteiger partial charge in [0.2, 0.25) is 5.71 Å². The quantitative estimate of drug-likeness (QED) is 0.410. The zero-order chi connectivity index (χ0) is 16.2. The molecule has 0 radical (unpaired) electrons. The number of anilines is 2. The van der Waals surface area contributed by atoms with Gasteiger partial charge in [-0.2, -0.15) is 10.4 Å². The molecule has 2 rings (SSSR count). The van der Waals surface area contributed by atoms with E-state index in [2.05, 4.69) is 10.5 Å². The molecule has 0 aliphatic carbocycles. The Kier molecular flexibility index (Phi) is 4.62. The maximum Gasteiger partial charge on any atom is 0.201 e. The van der Waals surface area contributed by atoms with Crippen LogP contribution in [0.2, 0.25) is 0 Å². The van der Waals surface area contributed by atoms with Crippen molar-refractivity contribution in [2.45, 2.75) is 0 Å². The predicted molar refractivity (Wildman–Crippen MR) is 85.9 cm³/mol. The third kappa shape index (κ3) is 3.95. The molecule has 1 aliphatic heterocycles. The van der Waals surface area contributed by atoms with Gasteiger partial charge in [-0.1, -0.05) is 0 Å². The molecule has 1 heterocycles. The molecule has 0 atom stereocenters. The van der Waals surface area contributed by atoms with E-state index in [1.807, 2.05) is 17.0 Å². The van der Waals surface area contributed by atoms with E-state index in [1.54, 1.807) is 18.2 Å². The molecule has 0 bridgehead atoms. The number of nitrogens with one attached hydrogen (secondary N) is 2. The molecule has 0 unspecified atom stereocenters. The molecular formula is C13H16N6O2S. The Bertz CT molecular complexity index is 719. The molecule has 1 aromatic carbocycles. The number of benzene rings is 1. The fourth-order valence-corrected chi connectivity index (χ4v) is 3.18. The first-order valence-corrected chi connectivity index (χ1v) is 8.37. The van der Waals surface area contributed by atoms with Gasteiger partial charge in [0.15, 0.2) is 15.7 Å². The number of amidine groups is 1. The number of nitrogens with zero attached hydrogens (tertiary/aromatic N) is 3. The van der Waals surface area contributed by atoms with Gasteiger partial charge in [0.05, 0.1) is 17.2 Å². The number of hydrazone groups is 1. The van der Waals surface area contributed by atoms with Gasteiger partial charge in [0, 0.05) is 18.8 Å². The summed E-state index contributed by atoms with van der Waals surface area (Å²) in [5.74, 6) is -0.0655. The summed E-state index contributed by atoms with van der Waals surface area (Å²) in [7, 11) is -2.90. The molecule has 1 fully saturated rings. The molecule has 8 nitrogen and oxygen atoms in total. The SMILES string of the molecule is N#C/C(=N\Nc1ccc(N2CCS(=O)(=O)CC2)cc1)C(=N)N. The predicted octanol–water partition coefficient (Wildman–Crippen LogP) is 0.149. The zero-order valence-corrected chi connectivity index (χ0v) is 12.6. The molecule has 0 aromatic heterocycles. The fourth-order valence-electron chi connectivity index (χ4n) is 1.98. The van der Waals surface area contributed by atoms with Gasteiger partial charge in [-0.15, -0.1) is 0 Å². The van der Waals surface area contributed by atoms with E-state index in [9.17, 15) is 8.42 Å². The Morgan fingerprint density at radius 1 is 1.32 bits per heavy atom. The van der Waals surface area contributed by atoms with Crippen molar-refractivity contribution >= 4 is 32.8 Å². The maximum atomic E-state index is 11.4. The first-order valence-electron chi connectivity index (χ1n) is 6.55. The van der Waals surface area contributed by atoms with Gasteiger partial charge in [-0.3, -0.25) is 10.8 Å². The molecule has 0 spiro atoms. The average molecular weight is 320 g/mol. The van der Waals surface area contributed by atoms with Gasteiger partial charge >= 0.3 is 0 Å². The minimum absolute atomic E-state index is 0.168. The Morgan fingerprint density at radius 3 is 2.41 bits per heavy atom. The Labute approximate surface area is 128 Å². The van der Waals surface area contributed by atoms with Gasteiger partial charge in [0.25, 0.3) is 0 Å². The van der Waals surface area contributed by atoms with Crippen molar-refractivity contribution in [1.29, 1.82) is 10.7 Å². The first kappa shape index (κ1) is 15.8. The fraction of sp³-hybridized carbons (Fsp3) is 0.308. The molecular weight excluding hydrogens is 304 g/mol. The van der Waals surface area contributed by atoms with Crippen LogP contribution in [0.5, 0.6) is 0 Å². The molecule has 0 saturated carbocycles. The van der Waals surface area contributed by atoms with Crippen LogP contribution in [0.25, 0.3) is 0 Å². The van der Waals surface area contributed by atoms with Crippen LogP contribution in [0, 0.1) is 16.7 Å². The number of nitrogens with two attached hydrogens (primary N) is 1. The average Bonchev–Trinajstić information content (AvgIpc) is 2.48. The summed E-state index contributed by atoms with van der Waals surface area (Å²) < 4.78 is 22.8. The summed E-state index contributed by atoms with van der Waals surface area (Å²) in [6, 6.07) is 8.92. The highest BCUT2D eigenvalue weighted by Gasteiger charge is 2.21. The Balaban J connectivity index is 2.02. The van der Waals surface area contributed by atoms with E-state index >= 15 is 0 Å². The van der Waals surface area contributed by atoms with Crippen molar-refractivity contribution in [2.75, 3.05) is 34.9 Å². The summed E-state index contributed by atoms with van der Waals surface area (Å²) in [5, 5.41) is 19.6. The summed E-state index contributed by atoms with van der Waals surface area (Å²) in [5.41, 5.74) is 9.22. The van der Waals surface area contributed by atoms with Crippen LogP contribution in [-0.2, 0) is 9.84 Å². The molecule has 0 amide bonds. The first-order chi connectivity index (χ1) is 10.4. The minimum Gasteiger partial charge on any atom is -0.382 e. The lowest BCUT2D eigenvalue weighted by molar-refractivity contribution is 0.587. The topological polar surface area (TPSA) is 135 Å². The summed E-state index contributed by atoms with van der Waals surface area (Å²) in [6.07, 6.45) is 0. The standard InChI is InChI=1S/C13H16N6O2S/c14-9-12(13(15)16)18-17-10-1-3-11(4-2-10)19-5-7-22(20,21)8-6-19/h1-4,17H,5-8H2,(H3,15,16)/b18-12+. The molecule has 116 valence electrons. The summed E-state index contributed by atoms with van der Waals surface area (Å²) in [6.45, 7) is 0.965. The smallest absolute Gasteiger partial charge is 0.201 e. The van der Waals surface area contributed by atoms with E-state index in [0.717, 1.165) is 5.69 Å². The third-order valence-corrected chi connectivity index (χ3v) is 4.84. The van der Waals surface area contributed by atoms with E-state index in [0.29, 0.717) is 18.8 Å². The highest BCUT2D eigenvalue weighted by atomic mass is 32.2. The minimum atomic E-state index is -2.90. The van der Waals surface area contributed by atoms with E-state index in [-0.39, 0.29) is 17.2 Å². The Hall–Kier alpha value is -2.60. The normalized spacial score (nSPS) is 17.6. The molecule has 22 heavy (non-hydrogen) atoms. The van der Waals surface area contributed by atoms with E-state index in [4.69, 9.17) is 16.4 Å². The van der Waals surface area contributed by atoms with Crippen molar-refractivity contribution in [1.82, 2.24) is 0 Å². The second-order valence-corrected chi connectivity index (χ2v) is 7.09. The van der Waals surface area contributed by atoms with Crippen molar-refractivity contribution in [2.24, 2.45) is 10.8 Å². The van der Waals surface area contributed by atoms with Crippen molar-refractivity contribution < 1.29 is 8.42 Å². The van der Waals surface area contributed by atoms with Crippen LogP contribution < -0.4 is 16.1 Å². The monoisotopic (exact) mass is 320 g/mol. The molecule has 1 aromatic rings. The lowest BCUT2D eigenvalue weighted by Gasteiger charge is -2.28. The maximum absolute atomic E-state index is 11.4. The van der Waals surface area contributed by atoms with Crippen LogP contribution >= 0.6 is 0 Å². The third-order valence-electron chi connectivity index (χ3n) is 3.23. The highest BCUT2D eigenvalue weighted by molar-refractivity contribution is 7.91. The van der Waals surface area contributed by atoms with Crippen LogP contribution in [0.15, 0.2) is 29.4 Å². The van der Waals surface area contributed by atoms with E-state index in [1.165, 1.54) is 0 Å².